The largest absolute Gasteiger partial charge is 0.486 e. The number of carbonyl (C=O) groups is 1. The third-order valence-corrected chi connectivity index (χ3v) is 4.67. The number of fused-ring (bicyclic) bond motifs is 1. The Kier molecular flexibility index (Phi) is 5.04. The zero-order valence-corrected chi connectivity index (χ0v) is 14.2. The normalized spacial score (nSPS) is 13.6. The minimum absolute atomic E-state index is 0.253. The third-order valence-electron chi connectivity index (χ3n) is 3.45. The van der Waals surface area contributed by atoms with Gasteiger partial charge in [-0.05, 0) is 29.3 Å². The second-order valence-corrected chi connectivity index (χ2v) is 7.17. The van der Waals surface area contributed by atoms with Gasteiger partial charge < -0.3 is 9.47 Å². The molecule has 0 fully saturated rings. The number of hydrogen-bond donors (Lipinski definition) is 1. The zero-order valence-electron chi connectivity index (χ0n) is 13.3. The standard InChI is InChI=1S/C18H17NO5S/c20-18(19-25(21,22)13-15-4-2-1-3-5-15)9-7-14-6-8-16-17(12-14)24-11-10-23-16/h1-9,12H,10-11,13H2,(H,19,20)/b9-7-. The SMILES string of the molecule is O=C(/C=C\c1ccc2c(c1)OCCO2)NS(=O)(=O)Cc1ccccc1. The quantitative estimate of drug-likeness (QED) is 0.827. The van der Waals surface area contributed by atoms with E-state index >= 15 is 0 Å². The van der Waals surface area contributed by atoms with Crippen molar-refractivity contribution in [2.75, 3.05) is 13.2 Å². The molecule has 0 saturated heterocycles. The van der Waals surface area contributed by atoms with E-state index in [0.29, 0.717) is 35.8 Å². The molecule has 1 aliphatic rings. The number of sulfonamides is 1. The molecule has 2 aromatic rings. The fourth-order valence-electron chi connectivity index (χ4n) is 2.35. The minimum atomic E-state index is -3.75. The Bertz CT molecular complexity index is 891. The van der Waals surface area contributed by atoms with Crippen molar-refractivity contribution >= 4 is 22.0 Å². The first-order valence-corrected chi connectivity index (χ1v) is 9.33. The van der Waals surface area contributed by atoms with Crippen LogP contribution in [0, 0.1) is 0 Å². The van der Waals surface area contributed by atoms with E-state index in [2.05, 4.69) is 0 Å². The Morgan fingerprint density at radius 1 is 1.04 bits per heavy atom. The van der Waals surface area contributed by atoms with E-state index in [0.717, 1.165) is 0 Å². The van der Waals surface area contributed by atoms with Crippen molar-refractivity contribution < 1.29 is 22.7 Å². The summed E-state index contributed by atoms with van der Waals surface area (Å²) in [7, 11) is -3.75. The molecule has 0 spiro atoms. The molecule has 3 rings (SSSR count). The molecule has 130 valence electrons. The van der Waals surface area contributed by atoms with Gasteiger partial charge in [0, 0.05) is 6.08 Å². The fraction of sp³-hybridized carbons (Fsp3) is 0.167. The van der Waals surface area contributed by atoms with Crippen molar-refractivity contribution in [3.05, 3.63) is 65.7 Å². The summed E-state index contributed by atoms with van der Waals surface area (Å²) in [6.07, 6.45) is 2.69. The molecular weight excluding hydrogens is 342 g/mol. The van der Waals surface area contributed by atoms with Crippen LogP contribution in [0.25, 0.3) is 6.08 Å². The van der Waals surface area contributed by atoms with Crippen molar-refractivity contribution in [3.8, 4) is 11.5 Å². The summed E-state index contributed by atoms with van der Waals surface area (Å²) in [5.41, 5.74) is 1.32. The first-order chi connectivity index (χ1) is 12.0. The lowest BCUT2D eigenvalue weighted by Gasteiger charge is -2.18. The summed E-state index contributed by atoms with van der Waals surface area (Å²) in [5, 5.41) is 0. The van der Waals surface area contributed by atoms with Crippen LogP contribution >= 0.6 is 0 Å². The maximum Gasteiger partial charge on any atom is 0.257 e. The average Bonchev–Trinajstić information content (AvgIpc) is 2.60. The van der Waals surface area contributed by atoms with Gasteiger partial charge >= 0.3 is 0 Å². The average molecular weight is 359 g/mol. The molecule has 7 heteroatoms. The summed E-state index contributed by atoms with van der Waals surface area (Å²) in [4.78, 5) is 11.9. The van der Waals surface area contributed by atoms with Crippen molar-refractivity contribution in [1.29, 1.82) is 0 Å². The molecule has 1 N–H and O–H groups in total. The van der Waals surface area contributed by atoms with E-state index < -0.39 is 15.9 Å². The molecule has 0 saturated carbocycles. The Labute approximate surface area is 146 Å². The molecular formula is C18H17NO5S. The summed E-state index contributed by atoms with van der Waals surface area (Å²) in [6.45, 7) is 0.974. The molecule has 2 aromatic carbocycles. The Hall–Kier alpha value is -2.80. The van der Waals surface area contributed by atoms with Crippen LogP contribution in [0.5, 0.6) is 11.5 Å². The fourth-order valence-corrected chi connectivity index (χ4v) is 3.43. The smallest absolute Gasteiger partial charge is 0.257 e. The van der Waals surface area contributed by atoms with Crippen LogP contribution in [0.1, 0.15) is 11.1 Å². The second-order valence-electron chi connectivity index (χ2n) is 5.45. The van der Waals surface area contributed by atoms with E-state index in [-0.39, 0.29) is 5.75 Å². The van der Waals surface area contributed by atoms with Gasteiger partial charge in [0.25, 0.3) is 5.91 Å². The zero-order chi connectivity index (χ0) is 17.7. The van der Waals surface area contributed by atoms with Crippen molar-refractivity contribution in [1.82, 2.24) is 4.72 Å². The van der Waals surface area contributed by atoms with Crippen LogP contribution in [0.3, 0.4) is 0 Å². The van der Waals surface area contributed by atoms with Crippen LogP contribution in [-0.4, -0.2) is 27.5 Å². The molecule has 0 radical (unpaired) electrons. The molecule has 0 atom stereocenters. The van der Waals surface area contributed by atoms with Crippen LogP contribution in [0.2, 0.25) is 0 Å². The molecule has 6 nitrogen and oxygen atoms in total. The number of carbonyl (C=O) groups excluding carboxylic acids is 1. The number of nitrogens with one attached hydrogen (secondary N) is 1. The van der Waals surface area contributed by atoms with E-state index in [1.807, 2.05) is 4.72 Å². The van der Waals surface area contributed by atoms with Gasteiger partial charge in [-0.3, -0.25) is 4.79 Å². The molecule has 0 bridgehead atoms. The number of hydrogen-bond acceptors (Lipinski definition) is 5. The Morgan fingerprint density at radius 2 is 1.76 bits per heavy atom. The molecule has 1 amide bonds. The predicted octanol–water partition coefficient (Wildman–Crippen LogP) is 2.12. The summed E-state index contributed by atoms with van der Waals surface area (Å²) in [5.74, 6) is 0.298. The molecule has 0 aromatic heterocycles. The maximum absolute atomic E-state index is 12.0. The lowest BCUT2D eigenvalue weighted by molar-refractivity contribution is -0.114. The van der Waals surface area contributed by atoms with Crippen molar-refractivity contribution in [3.63, 3.8) is 0 Å². The van der Waals surface area contributed by atoms with Crippen LogP contribution in [0.15, 0.2) is 54.6 Å². The van der Waals surface area contributed by atoms with Gasteiger partial charge in [-0.1, -0.05) is 36.4 Å². The number of benzene rings is 2. The topological polar surface area (TPSA) is 81.7 Å². The van der Waals surface area contributed by atoms with Crippen LogP contribution in [0.4, 0.5) is 0 Å². The third kappa shape index (κ3) is 4.84. The Balaban J connectivity index is 1.63. The minimum Gasteiger partial charge on any atom is -0.486 e. The van der Waals surface area contributed by atoms with Gasteiger partial charge in [-0.25, -0.2) is 13.1 Å². The molecule has 1 aliphatic heterocycles. The first kappa shape index (κ1) is 17.0. The highest BCUT2D eigenvalue weighted by Crippen LogP contribution is 2.31. The second kappa shape index (κ2) is 7.40. The highest BCUT2D eigenvalue weighted by molar-refractivity contribution is 7.89. The first-order valence-electron chi connectivity index (χ1n) is 7.68. The summed E-state index contributed by atoms with van der Waals surface area (Å²) >= 11 is 0. The predicted molar refractivity (Wildman–Crippen MR) is 93.7 cm³/mol. The van der Waals surface area contributed by atoms with Crippen LogP contribution < -0.4 is 14.2 Å². The number of ether oxygens (including phenoxy) is 2. The van der Waals surface area contributed by atoms with Gasteiger partial charge in [-0.15, -0.1) is 0 Å². The lowest BCUT2D eigenvalue weighted by Crippen LogP contribution is -2.30. The van der Waals surface area contributed by atoms with Crippen molar-refractivity contribution in [2.24, 2.45) is 0 Å². The number of amides is 1. The summed E-state index contributed by atoms with van der Waals surface area (Å²) in [6, 6.07) is 13.9. The van der Waals surface area contributed by atoms with Gasteiger partial charge in [0.2, 0.25) is 10.0 Å². The van der Waals surface area contributed by atoms with Crippen molar-refractivity contribution in [2.45, 2.75) is 5.75 Å². The highest BCUT2D eigenvalue weighted by Gasteiger charge is 2.14. The van der Waals surface area contributed by atoms with E-state index in [4.69, 9.17) is 9.47 Å². The molecule has 0 aliphatic carbocycles. The Morgan fingerprint density at radius 3 is 2.52 bits per heavy atom. The van der Waals surface area contributed by atoms with Gasteiger partial charge in [-0.2, -0.15) is 0 Å². The van der Waals surface area contributed by atoms with E-state index in [9.17, 15) is 13.2 Å². The van der Waals surface area contributed by atoms with Gasteiger partial charge in [0.05, 0.1) is 5.75 Å². The highest BCUT2D eigenvalue weighted by atomic mass is 32.2. The van der Waals surface area contributed by atoms with Gasteiger partial charge in [0.15, 0.2) is 11.5 Å². The van der Waals surface area contributed by atoms with Gasteiger partial charge in [0.1, 0.15) is 13.2 Å². The van der Waals surface area contributed by atoms with Crippen LogP contribution in [-0.2, 0) is 20.6 Å². The summed E-state index contributed by atoms with van der Waals surface area (Å²) < 4.78 is 36.9. The molecule has 25 heavy (non-hydrogen) atoms. The molecule has 0 unspecified atom stereocenters. The number of rotatable bonds is 5. The lowest BCUT2D eigenvalue weighted by atomic mass is 10.2. The van der Waals surface area contributed by atoms with E-state index in [1.165, 1.54) is 12.2 Å². The van der Waals surface area contributed by atoms with E-state index in [1.54, 1.807) is 48.5 Å². The monoisotopic (exact) mass is 359 g/mol. The maximum atomic E-state index is 12.0. The molecule has 1 heterocycles.